The number of rotatable bonds is 2. The third-order valence-corrected chi connectivity index (χ3v) is 3.40. The molecule has 0 saturated carbocycles. The second-order valence-electron chi connectivity index (χ2n) is 3.35. The molecule has 2 aromatic rings. The maximum atomic E-state index is 3.84. The van der Waals surface area contributed by atoms with Crippen molar-refractivity contribution in [1.82, 2.24) is 4.34 Å². The van der Waals surface area contributed by atoms with E-state index >= 15 is 0 Å². The molecule has 1 aromatic heterocycles. The molecule has 0 aliphatic carbocycles. The van der Waals surface area contributed by atoms with Crippen LogP contribution in [0.15, 0.2) is 31.0 Å². The molecule has 2 heteroatoms. The van der Waals surface area contributed by atoms with Crippen LogP contribution in [0.4, 0.5) is 0 Å². The van der Waals surface area contributed by atoms with Crippen LogP contribution < -0.4 is 0 Å². The van der Waals surface area contributed by atoms with E-state index in [1.165, 1.54) is 22.0 Å². The SMILES string of the molecule is C=Cc1ccc(C)c2c1ccn2PC. The molecule has 1 nitrogen and oxygen atoms in total. The number of aromatic nitrogens is 1. The van der Waals surface area contributed by atoms with Gasteiger partial charge in [-0.15, -0.1) is 0 Å². The van der Waals surface area contributed by atoms with Crippen LogP contribution in [0.2, 0.25) is 0 Å². The van der Waals surface area contributed by atoms with Gasteiger partial charge in [0.05, 0.1) is 5.52 Å². The van der Waals surface area contributed by atoms with Crippen LogP contribution in [0.25, 0.3) is 17.0 Å². The van der Waals surface area contributed by atoms with Gasteiger partial charge in [-0.25, -0.2) is 0 Å². The molecule has 1 unspecified atom stereocenters. The minimum absolute atomic E-state index is 0.785. The van der Waals surface area contributed by atoms with E-state index in [9.17, 15) is 0 Å². The number of benzene rings is 1. The van der Waals surface area contributed by atoms with Crippen molar-refractivity contribution in [2.24, 2.45) is 0 Å². The first kappa shape index (κ1) is 9.48. The molecule has 0 aliphatic heterocycles. The van der Waals surface area contributed by atoms with Crippen LogP contribution in [-0.2, 0) is 0 Å². The molecule has 0 amide bonds. The molecule has 0 radical (unpaired) electrons. The fourth-order valence-corrected chi connectivity index (χ4v) is 2.56. The number of fused-ring (bicyclic) bond motifs is 1. The zero-order valence-electron chi connectivity index (χ0n) is 8.54. The zero-order valence-corrected chi connectivity index (χ0v) is 9.54. The topological polar surface area (TPSA) is 4.93 Å². The monoisotopic (exact) mass is 203 g/mol. The van der Waals surface area contributed by atoms with Crippen molar-refractivity contribution in [2.75, 3.05) is 6.66 Å². The predicted molar refractivity (Wildman–Crippen MR) is 66.4 cm³/mol. The summed E-state index contributed by atoms with van der Waals surface area (Å²) < 4.78 is 2.30. The Bertz CT molecular complexity index is 482. The highest BCUT2D eigenvalue weighted by molar-refractivity contribution is 7.35. The number of nitrogens with zero attached hydrogens (tertiary/aromatic N) is 1. The van der Waals surface area contributed by atoms with Crippen LogP contribution >= 0.6 is 8.73 Å². The van der Waals surface area contributed by atoms with E-state index in [-0.39, 0.29) is 0 Å². The fourth-order valence-electron chi connectivity index (χ4n) is 1.82. The molecule has 0 N–H and O–H groups in total. The van der Waals surface area contributed by atoms with Gasteiger partial charge < -0.3 is 4.34 Å². The molecule has 72 valence electrons. The quantitative estimate of drug-likeness (QED) is 0.656. The lowest BCUT2D eigenvalue weighted by Crippen LogP contribution is -1.85. The van der Waals surface area contributed by atoms with Gasteiger partial charge in [-0.2, -0.15) is 0 Å². The second-order valence-corrected chi connectivity index (χ2v) is 4.28. The van der Waals surface area contributed by atoms with Crippen molar-refractivity contribution >= 4 is 25.7 Å². The highest BCUT2D eigenvalue weighted by Crippen LogP contribution is 2.28. The number of aryl methyl sites for hydroxylation is 1. The molecule has 0 saturated heterocycles. The van der Waals surface area contributed by atoms with Gasteiger partial charge in [0.15, 0.2) is 0 Å². The van der Waals surface area contributed by atoms with Crippen LogP contribution in [0.1, 0.15) is 11.1 Å². The summed E-state index contributed by atoms with van der Waals surface area (Å²) in [5, 5.41) is 1.31. The molecule has 1 heterocycles. The Morgan fingerprint density at radius 1 is 1.36 bits per heavy atom. The molecular weight excluding hydrogens is 189 g/mol. The van der Waals surface area contributed by atoms with Gasteiger partial charge in [0.25, 0.3) is 0 Å². The van der Waals surface area contributed by atoms with Crippen molar-refractivity contribution in [2.45, 2.75) is 6.92 Å². The van der Waals surface area contributed by atoms with Crippen LogP contribution in [0, 0.1) is 6.92 Å². The molecule has 0 fully saturated rings. The van der Waals surface area contributed by atoms with Crippen LogP contribution in [-0.4, -0.2) is 11.0 Å². The highest BCUT2D eigenvalue weighted by atomic mass is 31.1. The number of hydrogen-bond acceptors (Lipinski definition) is 0. The first-order chi connectivity index (χ1) is 6.77. The van der Waals surface area contributed by atoms with Gasteiger partial charge in [-0.3, -0.25) is 0 Å². The van der Waals surface area contributed by atoms with Crippen LogP contribution in [0.5, 0.6) is 0 Å². The van der Waals surface area contributed by atoms with E-state index in [0.717, 1.165) is 8.73 Å². The molecule has 0 bridgehead atoms. The Labute approximate surface area is 86.3 Å². The van der Waals surface area contributed by atoms with Gasteiger partial charge in [-0.1, -0.05) is 24.8 Å². The highest BCUT2D eigenvalue weighted by Gasteiger charge is 2.05. The Morgan fingerprint density at radius 3 is 2.79 bits per heavy atom. The summed E-state index contributed by atoms with van der Waals surface area (Å²) in [6.45, 7) is 8.19. The lowest BCUT2D eigenvalue weighted by molar-refractivity contribution is 1.31. The summed E-state index contributed by atoms with van der Waals surface area (Å²) in [5.41, 5.74) is 3.91. The van der Waals surface area contributed by atoms with Crippen molar-refractivity contribution in [3.05, 3.63) is 42.1 Å². The Balaban J connectivity index is 2.86. The van der Waals surface area contributed by atoms with E-state index in [1.54, 1.807) is 0 Å². The summed E-state index contributed by atoms with van der Waals surface area (Å²) in [6.07, 6.45) is 4.08. The van der Waals surface area contributed by atoms with E-state index in [2.05, 4.69) is 48.9 Å². The summed E-state index contributed by atoms with van der Waals surface area (Å²) in [4.78, 5) is 0. The summed E-state index contributed by atoms with van der Waals surface area (Å²) in [7, 11) is 0.785. The van der Waals surface area contributed by atoms with Gasteiger partial charge >= 0.3 is 0 Å². The van der Waals surface area contributed by atoms with Gasteiger partial charge in [0, 0.05) is 11.6 Å². The smallest absolute Gasteiger partial charge is 0.0547 e. The third-order valence-electron chi connectivity index (χ3n) is 2.54. The van der Waals surface area contributed by atoms with Gasteiger partial charge in [0.2, 0.25) is 0 Å². The minimum Gasteiger partial charge on any atom is -0.329 e. The normalized spacial score (nSPS) is 11.6. The zero-order chi connectivity index (χ0) is 10.1. The fraction of sp³-hybridized carbons (Fsp3) is 0.167. The Morgan fingerprint density at radius 2 is 2.14 bits per heavy atom. The Kier molecular flexibility index (Phi) is 2.43. The lowest BCUT2D eigenvalue weighted by Gasteiger charge is -2.05. The van der Waals surface area contributed by atoms with Crippen molar-refractivity contribution in [3.8, 4) is 0 Å². The molecular formula is C12H14NP. The van der Waals surface area contributed by atoms with Gasteiger partial charge in [0.1, 0.15) is 0 Å². The number of hydrogen-bond donors (Lipinski definition) is 0. The first-order valence-electron chi connectivity index (χ1n) is 4.69. The second kappa shape index (κ2) is 3.59. The summed E-state index contributed by atoms with van der Waals surface area (Å²) in [5.74, 6) is 0. The standard InChI is InChI=1S/C12H14NP/c1-4-10-6-5-9(2)12-11(10)7-8-13(12)14-3/h4-8,14H,1H2,2-3H3. The molecule has 14 heavy (non-hydrogen) atoms. The molecule has 0 aliphatic rings. The van der Waals surface area contributed by atoms with E-state index < -0.39 is 0 Å². The lowest BCUT2D eigenvalue weighted by atomic mass is 10.1. The average molecular weight is 203 g/mol. The van der Waals surface area contributed by atoms with Crippen LogP contribution in [0.3, 0.4) is 0 Å². The molecule has 1 atom stereocenters. The van der Waals surface area contributed by atoms with E-state index in [0.29, 0.717) is 0 Å². The minimum atomic E-state index is 0.785. The Hall–Kier alpha value is -1.07. The molecule has 2 rings (SSSR count). The van der Waals surface area contributed by atoms with Crippen molar-refractivity contribution in [1.29, 1.82) is 0 Å². The van der Waals surface area contributed by atoms with E-state index in [4.69, 9.17) is 0 Å². The summed E-state index contributed by atoms with van der Waals surface area (Å²) in [6, 6.07) is 6.47. The molecule has 0 spiro atoms. The first-order valence-corrected chi connectivity index (χ1v) is 6.13. The van der Waals surface area contributed by atoms with E-state index in [1.807, 2.05) is 6.08 Å². The maximum absolute atomic E-state index is 3.84. The van der Waals surface area contributed by atoms with Gasteiger partial charge in [-0.05, 0) is 39.5 Å². The molecule has 1 aromatic carbocycles. The van der Waals surface area contributed by atoms with Crippen molar-refractivity contribution < 1.29 is 0 Å². The third kappa shape index (κ3) is 1.29. The predicted octanol–water partition coefficient (Wildman–Crippen LogP) is 3.66. The average Bonchev–Trinajstić information content (AvgIpc) is 2.63. The summed E-state index contributed by atoms with van der Waals surface area (Å²) >= 11 is 0. The van der Waals surface area contributed by atoms with Crippen molar-refractivity contribution in [3.63, 3.8) is 0 Å². The maximum Gasteiger partial charge on any atom is 0.0547 e. The largest absolute Gasteiger partial charge is 0.329 e.